The Kier molecular flexibility index (Phi) is 6.68. The maximum Gasteiger partial charge on any atom is 0.230 e. The van der Waals surface area contributed by atoms with Gasteiger partial charge in [0.15, 0.2) is 0 Å². The normalized spacial score (nSPS) is 22.0. The van der Waals surface area contributed by atoms with Crippen molar-refractivity contribution in [2.45, 2.75) is 43.5 Å². The monoisotopic (exact) mass is 346 g/mol. The largest absolute Gasteiger partial charge is 0.353 e. The smallest absolute Gasteiger partial charge is 0.230 e. The summed E-state index contributed by atoms with van der Waals surface area (Å²) >= 11 is 13.5. The number of nitrogens with two attached hydrogens (primary N) is 1. The molecule has 1 aromatic carbocycles. The van der Waals surface area contributed by atoms with Gasteiger partial charge in [0.05, 0.1) is 5.75 Å². The van der Waals surface area contributed by atoms with Crippen molar-refractivity contribution in [3.8, 4) is 0 Å². The molecule has 1 aliphatic rings. The lowest BCUT2D eigenvalue weighted by atomic mass is 9.92. The molecule has 21 heavy (non-hydrogen) atoms. The van der Waals surface area contributed by atoms with E-state index in [0.717, 1.165) is 31.2 Å². The van der Waals surface area contributed by atoms with Gasteiger partial charge in [-0.3, -0.25) is 4.79 Å². The molecule has 0 saturated heterocycles. The fourth-order valence-corrected chi connectivity index (χ4v) is 3.82. The Hall–Kier alpha value is -0.420. The predicted molar refractivity (Wildman–Crippen MR) is 91.0 cm³/mol. The molecule has 1 aliphatic carbocycles. The fourth-order valence-electron chi connectivity index (χ4n) is 2.43. The van der Waals surface area contributed by atoms with Gasteiger partial charge in [-0.2, -0.15) is 0 Å². The van der Waals surface area contributed by atoms with Crippen LogP contribution in [0, 0.1) is 0 Å². The van der Waals surface area contributed by atoms with Crippen molar-refractivity contribution < 1.29 is 4.79 Å². The van der Waals surface area contributed by atoms with Crippen molar-refractivity contribution in [2.75, 3.05) is 5.75 Å². The quantitative estimate of drug-likeness (QED) is 0.856. The van der Waals surface area contributed by atoms with Crippen LogP contribution in [-0.2, 0) is 10.5 Å². The van der Waals surface area contributed by atoms with Crippen molar-refractivity contribution in [1.29, 1.82) is 0 Å². The van der Waals surface area contributed by atoms with Gasteiger partial charge in [-0.05, 0) is 43.4 Å². The van der Waals surface area contributed by atoms with Gasteiger partial charge in [0.1, 0.15) is 0 Å². The highest BCUT2D eigenvalue weighted by Crippen LogP contribution is 2.24. The summed E-state index contributed by atoms with van der Waals surface area (Å²) in [6.45, 7) is 0. The Morgan fingerprint density at radius 1 is 1.29 bits per heavy atom. The molecule has 0 atom stereocenters. The molecule has 3 nitrogen and oxygen atoms in total. The first-order chi connectivity index (χ1) is 10.0. The maximum absolute atomic E-state index is 11.9. The molecule has 0 radical (unpaired) electrons. The Morgan fingerprint density at radius 3 is 2.67 bits per heavy atom. The van der Waals surface area contributed by atoms with E-state index in [1.165, 1.54) is 0 Å². The van der Waals surface area contributed by atoms with E-state index in [2.05, 4.69) is 5.32 Å². The lowest BCUT2D eigenvalue weighted by molar-refractivity contribution is -0.119. The van der Waals surface area contributed by atoms with Crippen LogP contribution in [0.4, 0.5) is 0 Å². The van der Waals surface area contributed by atoms with Gasteiger partial charge in [-0.25, -0.2) is 0 Å². The number of halogens is 2. The van der Waals surface area contributed by atoms with Crippen LogP contribution in [0.15, 0.2) is 18.2 Å². The van der Waals surface area contributed by atoms with E-state index in [4.69, 9.17) is 28.9 Å². The molecule has 0 bridgehead atoms. The van der Waals surface area contributed by atoms with Crippen molar-refractivity contribution in [3.05, 3.63) is 33.8 Å². The molecule has 0 aromatic heterocycles. The summed E-state index contributed by atoms with van der Waals surface area (Å²) in [6.07, 6.45) is 3.97. The predicted octanol–water partition coefficient (Wildman–Crippen LogP) is 3.61. The van der Waals surface area contributed by atoms with Crippen LogP contribution in [0.3, 0.4) is 0 Å². The summed E-state index contributed by atoms with van der Waals surface area (Å²) in [5.41, 5.74) is 6.86. The molecule has 0 heterocycles. The molecule has 1 fully saturated rings. The lowest BCUT2D eigenvalue weighted by Crippen LogP contribution is -2.41. The second kappa shape index (κ2) is 8.28. The SMILES string of the molecule is NC1CCC(NC(=O)CSCc2ccc(Cl)cc2Cl)CC1. The van der Waals surface area contributed by atoms with Crippen LogP contribution in [0.5, 0.6) is 0 Å². The van der Waals surface area contributed by atoms with Gasteiger partial charge in [0.25, 0.3) is 0 Å². The van der Waals surface area contributed by atoms with Crippen LogP contribution in [0.2, 0.25) is 10.0 Å². The standard InChI is InChI=1S/C15H20Cl2N2OS/c16-11-2-1-10(14(17)7-11)8-21-9-15(20)19-13-5-3-12(18)4-6-13/h1-2,7,12-13H,3-6,8-9,18H2,(H,19,20). The average Bonchev–Trinajstić information content (AvgIpc) is 2.44. The Balaban J connectivity index is 1.69. The molecule has 6 heteroatoms. The Morgan fingerprint density at radius 2 is 2.00 bits per heavy atom. The third kappa shape index (κ3) is 5.70. The number of nitrogens with one attached hydrogen (secondary N) is 1. The van der Waals surface area contributed by atoms with Crippen molar-refractivity contribution in [3.63, 3.8) is 0 Å². The van der Waals surface area contributed by atoms with Crippen LogP contribution in [-0.4, -0.2) is 23.7 Å². The highest BCUT2D eigenvalue weighted by Gasteiger charge is 2.19. The van der Waals surface area contributed by atoms with Gasteiger partial charge < -0.3 is 11.1 Å². The number of rotatable bonds is 5. The number of amides is 1. The first-order valence-electron chi connectivity index (χ1n) is 7.11. The second-order valence-electron chi connectivity index (χ2n) is 5.41. The molecule has 1 amide bonds. The molecule has 1 saturated carbocycles. The van der Waals surface area contributed by atoms with Gasteiger partial charge in [0, 0.05) is 27.9 Å². The number of carbonyl (C=O) groups is 1. The number of hydrogen-bond donors (Lipinski definition) is 2. The molecule has 1 aromatic rings. The summed E-state index contributed by atoms with van der Waals surface area (Å²) < 4.78 is 0. The second-order valence-corrected chi connectivity index (χ2v) is 7.24. The van der Waals surface area contributed by atoms with Crippen LogP contribution < -0.4 is 11.1 Å². The number of benzene rings is 1. The molecule has 0 aliphatic heterocycles. The highest BCUT2D eigenvalue weighted by molar-refractivity contribution is 7.99. The zero-order valence-electron chi connectivity index (χ0n) is 11.8. The zero-order valence-corrected chi connectivity index (χ0v) is 14.1. The summed E-state index contributed by atoms with van der Waals surface area (Å²) in [4.78, 5) is 11.9. The van der Waals surface area contributed by atoms with Gasteiger partial charge in [-0.15, -0.1) is 11.8 Å². The lowest BCUT2D eigenvalue weighted by Gasteiger charge is -2.26. The summed E-state index contributed by atoms with van der Waals surface area (Å²) in [5.74, 6) is 1.24. The fraction of sp³-hybridized carbons (Fsp3) is 0.533. The highest BCUT2D eigenvalue weighted by atomic mass is 35.5. The summed E-state index contributed by atoms with van der Waals surface area (Å²) in [6, 6.07) is 6.04. The van der Waals surface area contributed by atoms with Gasteiger partial charge in [0.2, 0.25) is 5.91 Å². The van der Waals surface area contributed by atoms with E-state index in [1.54, 1.807) is 17.8 Å². The summed E-state index contributed by atoms with van der Waals surface area (Å²) in [5, 5.41) is 4.36. The number of thioether (sulfide) groups is 1. The molecule has 2 rings (SSSR count). The number of hydrogen-bond acceptors (Lipinski definition) is 3. The topological polar surface area (TPSA) is 55.1 Å². The van der Waals surface area contributed by atoms with Crippen molar-refractivity contribution in [1.82, 2.24) is 5.32 Å². The number of carbonyl (C=O) groups excluding carboxylic acids is 1. The minimum Gasteiger partial charge on any atom is -0.353 e. The minimum atomic E-state index is 0.0885. The molecule has 3 N–H and O–H groups in total. The molecule has 116 valence electrons. The van der Waals surface area contributed by atoms with E-state index in [-0.39, 0.29) is 11.9 Å². The van der Waals surface area contributed by atoms with E-state index < -0.39 is 0 Å². The average molecular weight is 347 g/mol. The minimum absolute atomic E-state index is 0.0885. The van der Waals surface area contributed by atoms with Crippen LogP contribution in [0.25, 0.3) is 0 Å². The third-order valence-corrected chi connectivity index (χ3v) is 5.21. The van der Waals surface area contributed by atoms with E-state index in [1.807, 2.05) is 12.1 Å². The van der Waals surface area contributed by atoms with Crippen molar-refractivity contribution >= 4 is 40.9 Å². The van der Waals surface area contributed by atoms with Crippen molar-refractivity contribution in [2.24, 2.45) is 5.73 Å². The van der Waals surface area contributed by atoms with E-state index in [0.29, 0.717) is 27.6 Å². The van der Waals surface area contributed by atoms with Crippen LogP contribution in [0.1, 0.15) is 31.2 Å². The van der Waals surface area contributed by atoms with E-state index >= 15 is 0 Å². The van der Waals surface area contributed by atoms with Gasteiger partial charge >= 0.3 is 0 Å². The Labute approximate surface area is 139 Å². The molecular formula is C15H20Cl2N2OS. The first-order valence-corrected chi connectivity index (χ1v) is 9.02. The molecule has 0 unspecified atom stereocenters. The molecule has 0 spiro atoms. The zero-order chi connectivity index (χ0) is 15.2. The summed E-state index contributed by atoms with van der Waals surface area (Å²) in [7, 11) is 0. The van der Waals surface area contributed by atoms with Crippen LogP contribution >= 0.6 is 35.0 Å². The Bertz CT molecular complexity index is 491. The molecular weight excluding hydrogens is 327 g/mol. The van der Waals surface area contributed by atoms with Gasteiger partial charge in [-0.1, -0.05) is 29.3 Å². The first kappa shape index (κ1) is 16.9. The van der Waals surface area contributed by atoms with E-state index in [9.17, 15) is 4.79 Å². The third-order valence-electron chi connectivity index (χ3n) is 3.64. The maximum atomic E-state index is 11.9.